The van der Waals surface area contributed by atoms with Crippen LogP contribution < -0.4 is 0 Å². The van der Waals surface area contributed by atoms with Crippen molar-refractivity contribution in [3.8, 4) is 0 Å². The van der Waals surface area contributed by atoms with Gasteiger partial charge in [0, 0.05) is 0 Å². The smallest absolute Gasteiger partial charge is 0.303 e. The highest BCUT2D eigenvalue weighted by Gasteiger charge is 2.65. The number of hydrogen-bond acceptors (Lipinski definition) is 2. The maximum atomic E-state index is 11.0. The predicted octanol–water partition coefficient (Wildman–Crippen LogP) is 3.96. The number of phosphoric ester groups is 1. The molecule has 0 aromatic rings. The Morgan fingerprint density at radius 1 is 0.944 bits per heavy atom. The second kappa shape index (κ2) is 5.31. The quantitative estimate of drug-likeness (QED) is 0.435. The Kier molecular flexibility index (Phi) is 5.73. The van der Waals surface area contributed by atoms with Crippen LogP contribution in [0.2, 0.25) is 39.3 Å². The fourth-order valence-corrected chi connectivity index (χ4v) is 17.7. The summed E-state index contributed by atoms with van der Waals surface area (Å²) in [5.74, 6) is 0. The fraction of sp³-hybridized carbons (Fsp3) is 1.00. The van der Waals surface area contributed by atoms with Gasteiger partial charge in [-0.25, -0.2) is 9.09 Å². The molecule has 0 aliphatic carbocycles. The van der Waals surface area contributed by atoms with Gasteiger partial charge in [-0.2, -0.15) is 0 Å². The normalized spacial score (nSPS) is 15.9. The summed E-state index contributed by atoms with van der Waals surface area (Å²) in [6.07, 6.45) is 0. The van der Waals surface area contributed by atoms with Crippen LogP contribution in [-0.2, 0) is 9.09 Å². The van der Waals surface area contributed by atoms with E-state index in [2.05, 4.69) is 4.52 Å². The molecule has 0 fully saturated rings. The van der Waals surface area contributed by atoms with Crippen LogP contribution in [0.15, 0.2) is 0 Å². The maximum Gasteiger partial charge on any atom is 0.472 e. The molecule has 0 rings (SSSR count). The first-order valence-corrected chi connectivity index (χ1v) is 15.0. The Labute approximate surface area is 125 Å². The summed E-state index contributed by atoms with van der Waals surface area (Å²) >= 11 is 18.9. The zero-order chi connectivity index (χ0) is 15.2. The molecule has 2 N–H and O–H groups in total. The number of rotatable bonds is 5. The highest BCUT2D eigenvalue weighted by atomic mass is 35.5. The Morgan fingerprint density at radius 3 is 1.39 bits per heavy atom. The van der Waals surface area contributed by atoms with Crippen LogP contribution in [0.3, 0.4) is 0 Å². The average molecular weight is 374 g/mol. The third-order valence-electron chi connectivity index (χ3n) is 2.70. The zero-order valence-electron chi connectivity index (χ0n) is 11.3. The van der Waals surface area contributed by atoms with Crippen LogP contribution >= 0.6 is 42.6 Å². The number of phosphoric acid groups is 1. The first-order chi connectivity index (χ1) is 7.46. The highest BCUT2D eigenvalue weighted by molar-refractivity contribution is 7.46. The molecule has 0 amide bonds. The molecule has 0 bridgehead atoms. The van der Waals surface area contributed by atoms with E-state index in [-0.39, 0.29) is 0 Å². The van der Waals surface area contributed by atoms with Gasteiger partial charge < -0.3 is 9.79 Å². The molecule has 0 heterocycles. The van der Waals surface area contributed by atoms with Crippen molar-refractivity contribution in [1.82, 2.24) is 0 Å². The van der Waals surface area contributed by atoms with Gasteiger partial charge in [0.05, 0.1) is 20.3 Å². The van der Waals surface area contributed by atoms with Gasteiger partial charge in [0.15, 0.2) is 0 Å². The van der Waals surface area contributed by atoms with E-state index in [1.807, 2.05) is 39.3 Å². The summed E-state index contributed by atoms with van der Waals surface area (Å²) in [6.45, 7) is 11.7. The summed E-state index contributed by atoms with van der Waals surface area (Å²) in [5.41, 5.74) is 0. The summed E-state index contributed by atoms with van der Waals surface area (Å²) in [6, 6.07) is 0. The van der Waals surface area contributed by atoms with Crippen molar-refractivity contribution in [1.29, 1.82) is 0 Å². The minimum Gasteiger partial charge on any atom is -0.303 e. The second-order valence-corrected chi connectivity index (χ2v) is 20.9. The average Bonchev–Trinajstić information content (AvgIpc) is 1.92. The van der Waals surface area contributed by atoms with E-state index in [4.69, 9.17) is 44.6 Å². The molecule has 0 aliphatic rings. The van der Waals surface area contributed by atoms with Crippen molar-refractivity contribution >= 4 is 58.8 Å². The van der Waals surface area contributed by atoms with Gasteiger partial charge in [0.25, 0.3) is 0 Å². The number of halogens is 3. The van der Waals surface area contributed by atoms with E-state index in [0.29, 0.717) is 0 Å². The lowest BCUT2D eigenvalue weighted by Crippen LogP contribution is -2.71. The fourth-order valence-electron chi connectivity index (χ4n) is 2.21. The lowest BCUT2D eigenvalue weighted by Gasteiger charge is -2.52. The predicted molar refractivity (Wildman–Crippen MR) is 82.8 cm³/mol. The van der Waals surface area contributed by atoms with E-state index in [9.17, 15) is 4.57 Å². The topological polar surface area (TPSA) is 66.8 Å². The lowest BCUT2D eigenvalue weighted by molar-refractivity contribution is 0.154. The van der Waals surface area contributed by atoms with E-state index in [1.165, 1.54) is 0 Å². The molecular formula is C8H20Cl3O4PSi2. The van der Waals surface area contributed by atoms with Crippen molar-refractivity contribution < 1.29 is 18.9 Å². The summed E-state index contributed by atoms with van der Waals surface area (Å²) < 4.78 is 12.3. The molecule has 4 nitrogen and oxygen atoms in total. The van der Waals surface area contributed by atoms with Gasteiger partial charge in [-0.05, 0) is 0 Å². The molecule has 0 aromatic heterocycles. The Hall–Kier alpha value is 1.41. The van der Waals surface area contributed by atoms with Gasteiger partial charge >= 0.3 is 7.82 Å². The molecule has 110 valence electrons. The summed E-state index contributed by atoms with van der Waals surface area (Å²) in [4.78, 5) is 17.9. The second-order valence-electron chi connectivity index (χ2n) is 6.26. The standard InChI is InChI=1S/C8H20Cl3O4PSi2/c1-17(2,3)8(11,18(4,5)6)7(9,10)15-16(12,13)14/h1-6H3,(H2,12,13,14). The van der Waals surface area contributed by atoms with Crippen LogP contribution in [0.1, 0.15) is 0 Å². The minimum absolute atomic E-state index is 1.16. The summed E-state index contributed by atoms with van der Waals surface area (Å²) in [7, 11) is -9.20. The van der Waals surface area contributed by atoms with Crippen molar-refractivity contribution in [3.05, 3.63) is 0 Å². The molecule has 0 spiro atoms. The van der Waals surface area contributed by atoms with Gasteiger partial charge in [-0.15, -0.1) is 11.6 Å². The number of hydrogen-bond donors (Lipinski definition) is 2. The van der Waals surface area contributed by atoms with Gasteiger partial charge in [0.1, 0.15) is 0 Å². The van der Waals surface area contributed by atoms with Crippen LogP contribution in [0, 0.1) is 0 Å². The molecule has 0 radical (unpaired) electrons. The first kappa shape index (κ1) is 19.4. The third-order valence-corrected chi connectivity index (χ3v) is 18.0. The van der Waals surface area contributed by atoms with Crippen LogP contribution in [0.5, 0.6) is 0 Å². The molecular weight excluding hydrogens is 354 g/mol. The van der Waals surface area contributed by atoms with Crippen LogP contribution in [-0.4, -0.2) is 34.6 Å². The molecule has 0 saturated heterocycles. The van der Waals surface area contributed by atoms with E-state index >= 15 is 0 Å². The maximum absolute atomic E-state index is 11.0. The molecule has 0 atom stereocenters. The van der Waals surface area contributed by atoms with E-state index in [0.717, 1.165) is 0 Å². The zero-order valence-corrected chi connectivity index (χ0v) is 16.5. The van der Waals surface area contributed by atoms with Crippen molar-refractivity contribution in [2.75, 3.05) is 0 Å². The van der Waals surface area contributed by atoms with Gasteiger partial charge in [-0.1, -0.05) is 62.5 Å². The van der Waals surface area contributed by atoms with Crippen LogP contribution in [0.4, 0.5) is 0 Å². The van der Waals surface area contributed by atoms with E-state index < -0.39 is 32.6 Å². The Morgan fingerprint density at radius 2 is 1.22 bits per heavy atom. The van der Waals surface area contributed by atoms with Gasteiger partial charge in [0.2, 0.25) is 4.52 Å². The Balaban J connectivity index is 5.85. The van der Waals surface area contributed by atoms with Crippen molar-refractivity contribution in [3.63, 3.8) is 0 Å². The first-order valence-electron chi connectivity index (χ1n) is 5.29. The van der Waals surface area contributed by atoms with Crippen LogP contribution in [0.25, 0.3) is 0 Å². The number of alkyl halides is 3. The SMILES string of the molecule is C[Si](C)(C)C(Cl)(C(Cl)(Cl)OP(=O)(O)O)[Si](C)(C)C. The third kappa shape index (κ3) is 3.96. The van der Waals surface area contributed by atoms with Gasteiger partial charge in [-0.3, -0.25) is 0 Å². The molecule has 0 aromatic carbocycles. The van der Waals surface area contributed by atoms with Crippen molar-refractivity contribution in [2.45, 2.75) is 47.9 Å². The molecule has 0 saturated carbocycles. The molecule has 0 aliphatic heterocycles. The molecule has 10 heteroatoms. The monoisotopic (exact) mass is 372 g/mol. The van der Waals surface area contributed by atoms with E-state index in [1.54, 1.807) is 0 Å². The molecule has 18 heavy (non-hydrogen) atoms. The molecule has 0 unspecified atom stereocenters. The Bertz CT molecular complexity index is 344. The minimum atomic E-state index is -4.83. The lowest BCUT2D eigenvalue weighted by atomic mass is 10.8. The highest BCUT2D eigenvalue weighted by Crippen LogP contribution is 2.57. The largest absolute Gasteiger partial charge is 0.472 e. The summed E-state index contributed by atoms with van der Waals surface area (Å²) in [5, 5.41) is 0. The van der Waals surface area contributed by atoms with Crippen molar-refractivity contribution in [2.24, 2.45) is 0 Å².